The van der Waals surface area contributed by atoms with Crippen LogP contribution in [0.2, 0.25) is 0 Å². The Balaban J connectivity index is 1.97. The number of hydrogen-bond donors (Lipinski definition) is 2. The number of nitrogens with zero attached hydrogens (tertiary/aromatic N) is 4. The zero-order valence-corrected chi connectivity index (χ0v) is 16.6. The van der Waals surface area contributed by atoms with Gasteiger partial charge >= 0.3 is 0 Å². The third-order valence-electron chi connectivity index (χ3n) is 5.52. The molecule has 0 aliphatic carbocycles. The molecule has 31 heavy (non-hydrogen) atoms. The fourth-order valence-electron chi connectivity index (χ4n) is 4.21. The highest BCUT2D eigenvalue weighted by Crippen LogP contribution is 2.49. The fourth-order valence-corrected chi connectivity index (χ4v) is 5.06. The number of rotatable bonds is 3. The Labute approximate surface area is 175 Å². The number of hydrogen-bond acceptors (Lipinski definition) is 7. The highest BCUT2D eigenvalue weighted by Gasteiger charge is 2.32. The molecule has 0 aliphatic rings. The predicted octanol–water partition coefficient (Wildman–Crippen LogP) is 3.76. The maximum Gasteiger partial charge on any atom is 0.297 e. The van der Waals surface area contributed by atoms with Crippen molar-refractivity contribution in [1.82, 2.24) is 20.4 Å². The molecule has 0 amide bonds. The van der Waals surface area contributed by atoms with Gasteiger partial charge in [-0.1, -0.05) is 60.7 Å². The van der Waals surface area contributed by atoms with Crippen molar-refractivity contribution in [3.8, 4) is 22.3 Å². The largest absolute Gasteiger partial charge is 0.396 e. The molecule has 3 N–H and O–H groups in total. The van der Waals surface area contributed by atoms with Gasteiger partial charge in [0.15, 0.2) is 0 Å². The van der Waals surface area contributed by atoms with Gasteiger partial charge < -0.3 is 5.73 Å². The van der Waals surface area contributed by atoms with Gasteiger partial charge in [-0.3, -0.25) is 4.55 Å². The summed E-state index contributed by atoms with van der Waals surface area (Å²) in [7, 11) is -4.66. The van der Waals surface area contributed by atoms with Gasteiger partial charge in [0, 0.05) is 21.9 Å². The molecule has 0 saturated heterocycles. The van der Waals surface area contributed by atoms with Crippen molar-refractivity contribution >= 4 is 48.6 Å². The quantitative estimate of drug-likeness (QED) is 0.322. The normalized spacial score (nSPS) is 12.4. The van der Waals surface area contributed by atoms with Crippen molar-refractivity contribution in [1.29, 1.82) is 0 Å². The molecule has 4 aromatic carbocycles. The van der Waals surface area contributed by atoms with Crippen LogP contribution in [0.25, 0.3) is 55.1 Å². The highest BCUT2D eigenvalue weighted by atomic mass is 32.2. The second kappa shape index (κ2) is 6.03. The summed E-state index contributed by atoms with van der Waals surface area (Å²) in [6.07, 6.45) is 0. The Morgan fingerprint density at radius 2 is 1.16 bits per heavy atom. The summed E-state index contributed by atoms with van der Waals surface area (Å²) in [4.78, 5) is -0.317. The third-order valence-corrected chi connectivity index (χ3v) is 6.44. The van der Waals surface area contributed by atoms with E-state index in [1.54, 1.807) is 0 Å². The molecule has 8 nitrogen and oxygen atoms in total. The van der Waals surface area contributed by atoms with E-state index in [2.05, 4.69) is 20.4 Å². The Hall–Kier alpha value is -3.95. The van der Waals surface area contributed by atoms with E-state index in [4.69, 9.17) is 5.73 Å². The molecule has 0 unspecified atom stereocenters. The van der Waals surface area contributed by atoms with E-state index in [-0.39, 0.29) is 27.0 Å². The van der Waals surface area contributed by atoms with E-state index in [0.717, 1.165) is 11.1 Å². The smallest absolute Gasteiger partial charge is 0.297 e. The summed E-state index contributed by atoms with van der Waals surface area (Å²) in [5.74, 6) is 0. The van der Waals surface area contributed by atoms with Crippen molar-refractivity contribution in [3.63, 3.8) is 0 Å². The maximum atomic E-state index is 12.6. The second-order valence-corrected chi connectivity index (χ2v) is 8.60. The van der Waals surface area contributed by atoms with E-state index in [1.165, 1.54) is 0 Å². The van der Waals surface area contributed by atoms with Crippen LogP contribution in [0, 0.1) is 0 Å². The van der Waals surface area contributed by atoms with Crippen molar-refractivity contribution in [2.24, 2.45) is 0 Å². The monoisotopic (exact) mass is 427 g/mol. The van der Waals surface area contributed by atoms with Gasteiger partial charge in [-0.15, -0.1) is 20.4 Å². The molecule has 150 valence electrons. The van der Waals surface area contributed by atoms with Crippen LogP contribution in [0.5, 0.6) is 0 Å². The number of fused-ring (bicyclic) bond motifs is 4. The summed E-state index contributed by atoms with van der Waals surface area (Å²) in [6, 6.07) is 18.8. The standard InChI is InChI=1S/C22H13N5O3S/c23-17-16-15(22(31(28,29)30)21-20(17)26-27-21)13(11-7-3-1-4-8-11)14(18-19(16)25-24-18)12-9-5-2-6-10-12/h1-10H,23H2,(H,28,29,30). The van der Waals surface area contributed by atoms with Crippen LogP contribution in [-0.4, -0.2) is 33.4 Å². The van der Waals surface area contributed by atoms with Gasteiger partial charge in [0.25, 0.3) is 10.1 Å². The van der Waals surface area contributed by atoms with E-state index in [1.807, 2.05) is 60.7 Å². The zero-order chi connectivity index (χ0) is 21.3. The van der Waals surface area contributed by atoms with Crippen LogP contribution in [0.4, 0.5) is 5.69 Å². The first-order valence-electron chi connectivity index (χ1n) is 9.37. The number of nitrogens with two attached hydrogens (primary N) is 1. The second-order valence-electron chi connectivity index (χ2n) is 7.24. The molecule has 0 aliphatic heterocycles. The van der Waals surface area contributed by atoms with E-state index >= 15 is 0 Å². The van der Waals surface area contributed by atoms with Crippen LogP contribution in [0.15, 0.2) is 65.6 Å². The zero-order valence-electron chi connectivity index (χ0n) is 15.8. The molecule has 2 heterocycles. The van der Waals surface area contributed by atoms with Crippen molar-refractivity contribution in [2.75, 3.05) is 5.73 Å². The molecular weight excluding hydrogens is 414 g/mol. The first kappa shape index (κ1) is 17.9. The molecule has 0 spiro atoms. The van der Waals surface area contributed by atoms with Gasteiger partial charge in [0.2, 0.25) is 0 Å². The molecule has 0 fully saturated rings. The van der Waals surface area contributed by atoms with E-state index in [0.29, 0.717) is 27.5 Å². The molecule has 2 aromatic heterocycles. The lowest BCUT2D eigenvalue weighted by Crippen LogP contribution is -2.11. The number of anilines is 1. The minimum atomic E-state index is -4.66. The summed E-state index contributed by atoms with van der Waals surface area (Å²) in [5, 5.41) is 16.8. The Kier molecular flexibility index (Phi) is 3.48. The van der Waals surface area contributed by atoms with Crippen LogP contribution in [-0.2, 0) is 10.1 Å². The number of nitrogen functional groups attached to an aromatic ring is 1. The minimum Gasteiger partial charge on any atom is -0.396 e. The minimum absolute atomic E-state index is 0.0555. The number of aromatic nitrogens is 4. The maximum absolute atomic E-state index is 12.6. The average Bonchev–Trinajstić information content (AvgIpc) is 2.71. The topological polar surface area (TPSA) is 132 Å². The van der Waals surface area contributed by atoms with Crippen LogP contribution < -0.4 is 5.73 Å². The van der Waals surface area contributed by atoms with Crippen LogP contribution >= 0.6 is 0 Å². The van der Waals surface area contributed by atoms with E-state index in [9.17, 15) is 13.0 Å². The molecule has 0 saturated carbocycles. The van der Waals surface area contributed by atoms with Gasteiger partial charge in [0.1, 0.15) is 27.0 Å². The lowest BCUT2D eigenvalue weighted by molar-refractivity contribution is 0.485. The summed E-state index contributed by atoms with van der Waals surface area (Å²) >= 11 is 0. The SMILES string of the molecule is Nc1c2nnc2c(S(=O)(=O)O)c2c(-c3ccccc3)c(-c3ccccc3)c3nnc3c12. The lowest BCUT2D eigenvalue weighted by atomic mass is 9.87. The summed E-state index contributed by atoms with van der Waals surface area (Å²) in [5.41, 5.74) is 10.9. The Bertz CT molecular complexity index is 1700. The molecule has 6 aromatic rings. The summed E-state index contributed by atoms with van der Waals surface area (Å²) in [6.45, 7) is 0. The van der Waals surface area contributed by atoms with Gasteiger partial charge in [-0.25, -0.2) is 0 Å². The van der Waals surface area contributed by atoms with Gasteiger partial charge in [0.05, 0.1) is 5.69 Å². The summed E-state index contributed by atoms with van der Waals surface area (Å²) < 4.78 is 35.3. The molecule has 0 atom stereocenters. The molecular formula is C22H13N5O3S. The third kappa shape index (κ3) is 2.35. The average molecular weight is 427 g/mol. The lowest BCUT2D eigenvalue weighted by Gasteiger charge is -2.21. The number of benzene rings is 4. The first-order chi connectivity index (χ1) is 15.0. The Morgan fingerprint density at radius 1 is 0.645 bits per heavy atom. The molecule has 9 heteroatoms. The van der Waals surface area contributed by atoms with E-state index < -0.39 is 10.1 Å². The Morgan fingerprint density at radius 3 is 1.65 bits per heavy atom. The van der Waals surface area contributed by atoms with Crippen molar-refractivity contribution in [3.05, 3.63) is 60.7 Å². The van der Waals surface area contributed by atoms with Crippen LogP contribution in [0.3, 0.4) is 0 Å². The highest BCUT2D eigenvalue weighted by molar-refractivity contribution is 7.86. The van der Waals surface area contributed by atoms with Crippen molar-refractivity contribution in [2.45, 2.75) is 4.90 Å². The van der Waals surface area contributed by atoms with Gasteiger partial charge in [-0.2, -0.15) is 8.42 Å². The molecule has 0 radical (unpaired) electrons. The van der Waals surface area contributed by atoms with Crippen molar-refractivity contribution < 1.29 is 13.0 Å². The predicted molar refractivity (Wildman–Crippen MR) is 118 cm³/mol. The van der Waals surface area contributed by atoms with Gasteiger partial charge in [-0.05, 0) is 11.1 Å². The van der Waals surface area contributed by atoms with Crippen LogP contribution in [0.1, 0.15) is 0 Å². The first-order valence-corrected chi connectivity index (χ1v) is 10.8. The fraction of sp³-hybridized carbons (Fsp3) is 0. The molecule has 6 rings (SSSR count). The molecule has 0 bridgehead atoms.